The summed E-state index contributed by atoms with van der Waals surface area (Å²) in [5, 5.41) is 20.2. The van der Waals surface area contributed by atoms with Gasteiger partial charge < -0.3 is 15.7 Å². The lowest BCUT2D eigenvalue weighted by Crippen LogP contribution is -2.39. The van der Waals surface area contributed by atoms with E-state index < -0.39 is 5.60 Å². The maximum Gasteiger partial charge on any atom is 0.191 e. The minimum absolute atomic E-state index is 0.321. The normalized spacial score (nSPS) is 14.5. The lowest BCUT2D eigenvalue weighted by atomic mass is 10.1. The van der Waals surface area contributed by atoms with Crippen molar-refractivity contribution in [1.82, 2.24) is 15.6 Å². The van der Waals surface area contributed by atoms with Crippen LogP contribution in [0.2, 0.25) is 0 Å². The zero-order valence-electron chi connectivity index (χ0n) is 14.7. The van der Waals surface area contributed by atoms with Gasteiger partial charge in [0, 0.05) is 29.3 Å². The van der Waals surface area contributed by atoms with E-state index in [0.29, 0.717) is 6.54 Å². The Morgan fingerprint density at radius 1 is 1.38 bits per heavy atom. The van der Waals surface area contributed by atoms with E-state index in [1.54, 1.807) is 29.6 Å². The molecular formula is C17H26N4OS2. The van der Waals surface area contributed by atoms with Gasteiger partial charge in [-0.15, -0.1) is 22.7 Å². The molecule has 0 aromatic carbocycles. The van der Waals surface area contributed by atoms with E-state index in [9.17, 15) is 5.11 Å². The fourth-order valence-corrected chi connectivity index (χ4v) is 4.05. The van der Waals surface area contributed by atoms with Crippen LogP contribution in [0.1, 0.15) is 34.3 Å². The Kier molecular flexibility index (Phi) is 6.77. The molecule has 0 saturated heterocycles. The molecule has 2 aromatic rings. The minimum Gasteiger partial charge on any atom is -0.383 e. The zero-order chi connectivity index (χ0) is 17.6. The number of hydrogen-bond acceptors (Lipinski definition) is 5. The Balaban J connectivity index is 1.92. The van der Waals surface area contributed by atoms with E-state index in [4.69, 9.17) is 0 Å². The quantitative estimate of drug-likeness (QED) is 0.521. The van der Waals surface area contributed by atoms with Crippen molar-refractivity contribution in [3.05, 3.63) is 38.0 Å². The van der Waals surface area contributed by atoms with Crippen molar-refractivity contribution in [3.63, 3.8) is 0 Å². The molecule has 2 rings (SSSR count). The predicted molar refractivity (Wildman–Crippen MR) is 103 cm³/mol. The Morgan fingerprint density at radius 2 is 2.17 bits per heavy atom. The summed E-state index contributed by atoms with van der Waals surface area (Å²) >= 11 is 3.29. The Hall–Kier alpha value is -1.44. The summed E-state index contributed by atoms with van der Waals surface area (Å²) in [5.74, 6) is 0.730. The average molecular weight is 367 g/mol. The van der Waals surface area contributed by atoms with Gasteiger partial charge in [0.1, 0.15) is 5.60 Å². The second kappa shape index (κ2) is 8.60. The first-order valence-electron chi connectivity index (χ1n) is 8.14. The molecule has 1 atom stereocenters. The molecule has 0 fully saturated rings. The van der Waals surface area contributed by atoms with E-state index in [0.717, 1.165) is 41.0 Å². The topological polar surface area (TPSA) is 69.5 Å². The summed E-state index contributed by atoms with van der Waals surface area (Å²) in [6.45, 7) is 9.81. The first kappa shape index (κ1) is 18.9. The van der Waals surface area contributed by atoms with Crippen LogP contribution in [-0.2, 0) is 12.0 Å². The van der Waals surface area contributed by atoms with Crippen LogP contribution in [0.5, 0.6) is 0 Å². The minimum atomic E-state index is -0.943. The predicted octanol–water partition coefficient (Wildman–Crippen LogP) is 2.83. The van der Waals surface area contributed by atoms with Crippen LogP contribution in [0.3, 0.4) is 0 Å². The summed E-state index contributed by atoms with van der Waals surface area (Å²) < 4.78 is 0. The molecule has 0 radical (unpaired) electrons. The van der Waals surface area contributed by atoms with Crippen molar-refractivity contribution in [2.24, 2.45) is 4.99 Å². The third kappa shape index (κ3) is 5.29. The molecule has 2 heterocycles. The third-order valence-electron chi connectivity index (χ3n) is 3.59. The number of guanidine groups is 1. The second-order valence-electron chi connectivity index (χ2n) is 5.86. The van der Waals surface area contributed by atoms with Crippen molar-refractivity contribution < 1.29 is 5.11 Å². The number of nitrogens with zero attached hydrogens (tertiary/aromatic N) is 2. The Labute approximate surface area is 151 Å². The maximum atomic E-state index is 10.6. The number of hydrogen-bond donors (Lipinski definition) is 3. The van der Waals surface area contributed by atoms with Crippen LogP contribution >= 0.6 is 22.7 Å². The van der Waals surface area contributed by atoms with Crippen LogP contribution in [0.4, 0.5) is 0 Å². The van der Waals surface area contributed by atoms with Gasteiger partial charge in [-0.05, 0) is 39.1 Å². The van der Waals surface area contributed by atoms with Gasteiger partial charge in [-0.25, -0.2) is 9.98 Å². The highest BCUT2D eigenvalue weighted by Gasteiger charge is 2.23. The lowest BCUT2D eigenvalue weighted by Gasteiger charge is -2.20. The summed E-state index contributed by atoms with van der Waals surface area (Å²) in [6, 6.07) is 3.89. The first-order valence-corrected chi connectivity index (χ1v) is 9.83. The molecule has 24 heavy (non-hydrogen) atoms. The van der Waals surface area contributed by atoms with Crippen LogP contribution in [0.15, 0.2) is 22.5 Å². The van der Waals surface area contributed by atoms with Crippen molar-refractivity contribution in [3.8, 4) is 0 Å². The summed E-state index contributed by atoms with van der Waals surface area (Å²) in [6.07, 6.45) is 0.920. The molecule has 0 aliphatic carbocycles. The largest absolute Gasteiger partial charge is 0.383 e. The van der Waals surface area contributed by atoms with Crippen LogP contribution in [-0.4, -0.2) is 35.7 Å². The number of aliphatic imine (C=N–C) groups is 1. The van der Waals surface area contributed by atoms with E-state index in [-0.39, 0.29) is 0 Å². The molecule has 3 N–H and O–H groups in total. The van der Waals surface area contributed by atoms with Gasteiger partial charge in [-0.1, -0.05) is 6.07 Å². The van der Waals surface area contributed by atoms with E-state index in [1.807, 2.05) is 31.4 Å². The Morgan fingerprint density at radius 3 is 2.75 bits per heavy atom. The van der Waals surface area contributed by atoms with E-state index >= 15 is 0 Å². The summed E-state index contributed by atoms with van der Waals surface area (Å²) in [7, 11) is 0. The van der Waals surface area contributed by atoms with Gasteiger partial charge >= 0.3 is 0 Å². The molecular weight excluding hydrogens is 340 g/mol. The molecule has 1 unspecified atom stereocenters. The van der Waals surface area contributed by atoms with Crippen molar-refractivity contribution in [2.75, 3.05) is 19.6 Å². The molecule has 0 spiro atoms. The molecule has 0 amide bonds. The number of thiazole rings is 1. The second-order valence-corrected chi connectivity index (χ2v) is 8.10. The van der Waals surface area contributed by atoms with Crippen LogP contribution < -0.4 is 10.6 Å². The van der Waals surface area contributed by atoms with Gasteiger partial charge in [-0.2, -0.15) is 0 Å². The standard InChI is InChI=1S/C17H26N4OS2/c1-5-18-16(19-9-8-14-12(2)21-13(3)24-14)20-11-17(4,22)15-7-6-10-23-15/h6-7,10,22H,5,8-9,11H2,1-4H3,(H2,18,19,20). The number of aliphatic hydroxyl groups is 1. The van der Waals surface area contributed by atoms with E-state index in [2.05, 4.69) is 27.5 Å². The molecule has 5 nitrogen and oxygen atoms in total. The van der Waals surface area contributed by atoms with Gasteiger partial charge in [0.25, 0.3) is 0 Å². The highest BCUT2D eigenvalue weighted by Crippen LogP contribution is 2.25. The molecule has 0 aliphatic heterocycles. The number of rotatable bonds is 7. The lowest BCUT2D eigenvalue weighted by molar-refractivity contribution is 0.0711. The van der Waals surface area contributed by atoms with Crippen molar-refractivity contribution in [2.45, 2.75) is 39.7 Å². The van der Waals surface area contributed by atoms with Gasteiger partial charge in [-0.3, -0.25) is 0 Å². The third-order valence-corrected chi connectivity index (χ3v) is 5.84. The first-order chi connectivity index (χ1) is 11.4. The average Bonchev–Trinajstić information content (AvgIpc) is 3.15. The highest BCUT2D eigenvalue weighted by atomic mass is 32.1. The summed E-state index contributed by atoms with van der Waals surface area (Å²) in [5.41, 5.74) is 0.170. The highest BCUT2D eigenvalue weighted by molar-refractivity contribution is 7.11. The molecule has 0 bridgehead atoms. The van der Waals surface area contributed by atoms with Gasteiger partial charge in [0.05, 0.1) is 17.2 Å². The number of aromatic nitrogens is 1. The summed E-state index contributed by atoms with van der Waals surface area (Å²) in [4.78, 5) is 11.2. The molecule has 132 valence electrons. The van der Waals surface area contributed by atoms with E-state index in [1.165, 1.54) is 4.88 Å². The fourth-order valence-electron chi connectivity index (χ4n) is 2.34. The van der Waals surface area contributed by atoms with Crippen molar-refractivity contribution in [1.29, 1.82) is 0 Å². The van der Waals surface area contributed by atoms with Gasteiger partial charge in [0.15, 0.2) is 5.96 Å². The number of aryl methyl sites for hydroxylation is 2. The molecule has 7 heteroatoms. The number of nitrogens with one attached hydrogen (secondary N) is 2. The Bertz CT molecular complexity index is 662. The van der Waals surface area contributed by atoms with Crippen LogP contribution in [0, 0.1) is 13.8 Å². The van der Waals surface area contributed by atoms with Gasteiger partial charge in [0.2, 0.25) is 0 Å². The fraction of sp³-hybridized carbons (Fsp3) is 0.529. The molecule has 0 aliphatic rings. The monoisotopic (exact) mass is 366 g/mol. The van der Waals surface area contributed by atoms with Crippen LogP contribution in [0.25, 0.3) is 0 Å². The smallest absolute Gasteiger partial charge is 0.191 e. The van der Waals surface area contributed by atoms with Crippen molar-refractivity contribution >= 4 is 28.6 Å². The molecule has 0 saturated carbocycles. The molecule has 2 aromatic heterocycles. The zero-order valence-corrected chi connectivity index (χ0v) is 16.4. The maximum absolute atomic E-state index is 10.6. The SMILES string of the molecule is CCNC(=NCC(C)(O)c1cccs1)NCCc1sc(C)nc1C. The number of thiophene rings is 1.